The van der Waals surface area contributed by atoms with Crippen LogP contribution < -0.4 is 20.7 Å². The molecule has 0 unspecified atom stereocenters. The first-order chi connectivity index (χ1) is 17.1. The van der Waals surface area contributed by atoms with E-state index in [4.69, 9.17) is 14.0 Å². The van der Waals surface area contributed by atoms with Crippen LogP contribution in [0.3, 0.4) is 0 Å². The van der Waals surface area contributed by atoms with Gasteiger partial charge in [-0.25, -0.2) is 4.79 Å². The van der Waals surface area contributed by atoms with Crippen molar-refractivity contribution in [1.82, 2.24) is 19.3 Å². The summed E-state index contributed by atoms with van der Waals surface area (Å²) in [6.45, 7) is 2.53. The fourth-order valence-electron chi connectivity index (χ4n) is 3.88. The normalized spacial score (nSPS) is 11.1. The van der Waals surface area contributed by atoms with Crippen LogP contribution in [0.2, 0.25) is 0 Å². The van der Waals surface area contributed by atoms with Crippen LogP contribution in [-0.4, -0.2) is 33.0 Å². The third-order valence-electron chi connectivity index (χ3n) is 5.50. The minimum atomic E-state index is -0.460. The molecular weight excluding hydrogens is 468 g/mol. The van der Waals surface area contributed by atoms with Gasteiger partial charge in [-0.1, -0.05) is 29.4 Å². The molecule has 0 saturated carbocycles. The van der Waals surface area contributed by atoms with Gasteiger partial charge in [0.15, 0.2) is 0 Å². The van der Waals surface area contributed by atoms with Gasteiger partial charge in [0.2, 0.25) is 11.7 Å². The Hall–Kier alpha value is -4.18. The van der Waals surface area contributed by atoms with E-state index in [1.54, 1.807) is 24.6 Å². The summed E-state index contributed by atoms with van der Waals surface area (Å²) >= 11 is 1.29. The van der Waals surface area contributed by atoms with Gasteiger partial charge in [0.1, 0.15) is 22.7 Å². The quantitative estimate of drug-likeness (QED) is 0.326. The molecule has 0 fully saturated rings. The topological polar surface area (TPSA) is 101 Å². The molecule has 0 aliphatic rings. The number of nitrogens with zero attached hydrogens (tertiary/aromatic N) is 4. The lowest BCUT2D eigenvalue weighted by Crippen LogP contribution is -2.40. The number of fused-ring (bicyclic) bond motifs is 1. The lowest BCUT2D eigenvalue weighted by molar-refractivity contribution is 0.340. The number of rotatable bonds is 8. The molecule has 0 amide bonds. The predicted octanol–water partition coefficient (Wildman–Crippen LogP) is 3.78. The first kappa shape index (κ1) is 22.6. The van der Waals surface area contributed by atoms with E-state index in [0.29, 0.717) is 39.7 Å². The van der Waals surface area contributed by atoms with Crippen molar-refractivity contribution in [2.24, 2.45) is 0 Å². The number of benzene rings is 2. The molecule has 2 aromatic carbocycles. The van der Waals surface area contributed by atoms with E-state index in [1.807, 2.05) is 49.4 Å². The summed E-state index contributed by atoms with van der Waals surface area (Å²) in [5.74, 6) is 1.90. The molecule has 0 aliphatic heterocycles. The number of aromatic nitrogens is 4. The molecule has 0 N–H and O–H groups in total. The number of hydrogen-bond acceptors (Lipinski definition) is 8. The number of methoxy groups -OCH3 is 1. The maximum Gasteiger partial charge on any atom is 0.332 e. The van der Waals surface area contributed by atoms with Gasteiger partial charge in [-0.2, -0.15) is 4.98 Å². The Morgan fingerprint density at radius 1 is 1.03 bits per heavy atom. The SMILES string of the molecule is CCOc1ccccc1-c1noc(Cn2c(=O)n(Cc3cccc(OC)c3)c(=O)c3sccc32)n1. The molecule has 10 heteroatoms. The molecule has 0 bridgehead atoms. The summed E-state index contributed by atoms with van der Waals surface area (Å²) in [5, 5.41) is 5.88. The van der Waals surface area contributed by atoms with Crippen molar-refractivity contribution >= 4 is 21.6 Å². The van der Waals surface area contributed by atoms with Gasteiger partial charge in [0.25, 0.3) is 5.56 Å². The number of para-hydroxylation sites is 1. The van der Waals surface area contributed by atoms with E-state index in [-0.39, 0.29) is 24.5 Å². The monoisotopic (exact) mass is 490 g/mol. The van der Waals surface area contributed by atoms with Crippen molar-refractivity contribution in [2.75, 3.05) is 13.7 Å². The molecule has 0 atom stereocenters. The van der Waals surface area contributed by atoms with E-state index < -0.39 is 5.69 Å². The zero-order valence-electron chi connectivity index (χ0n) is 19.1. The van der Waals surface area contributed by atoms with E-state index >= 15 is 0 Å². The Kier molecular flexibility index (Phi) is 6.19. The first-order valence-corrected chi connectivity index (χ1v) is 11.9. The lowest BCUT2D eigenvalue weighted by Gasteiger charge is -2.11. The van der Waals surface area contributed by atoms with Crippen LogP contribution in [0, 0.1) is 0 Å². The molecule has 3 aromatic heterocycles. The van der Waals surface area contributed by atoms with Crippen LogP contribution in [0.25, 0.3) is 21.6 Å². The Morgan fingerprint density at radius 2 is 1.89 bits per heavy atom. The van der Waals surface area contributed by atoms with Crippen molar-refractivity contribution in [3.05, 3.63) is 92.3 Å². The zero-order chi connectivity index (χ0) is 24.4. The predicted molar refractivity (Wildman–Crippen MR) is 132 cm³/mol. The lowest BCUT2D eigenvalue weighted by atomic mass is 10.2. The van der Waals surface area contributed by atoms with E-state index in [2.05, 4.69) is 10.1 Å². The molecule has 5 rings (SSSR count). The summed E-state index contributed by atoms with van der Waals surface area (Å²) in [6, 6.07) is 16.4. The van der Waals surface area contributed by atoms with Crippen molar-refractivity contribution in [3.63, 3.8) is 0 Å². The van der Waals surface area contributed by atoms with Gasteiger partial charge in [0, 0.05) is 0 Å². The van der Waals surface area contributed by atoms with Crippen LogP contribution in [0.15, 0.2) is 74.1 Å². The summed E-state index contributed by atoms with van der Waals surface area (Å²) < 4.78 is 19.6. The van der Waals surface area contributed by atoms with Crippen molar-refractivity contribution in [1.29, 1.82) is 0 Å². The van der Waals surface area contributed by atoms with E-state index in [0.717, 1.165) is 5.56 Å². The largest absolute Gasteiger partial charge is 0.497 e. The van der Waals surface area contributed by atoms with Gasteiger partial charge in [0.05, 0.1) is 31.3 Å². The van der Waals surface area contributed by atoms with Crippen LogP contribution in [0.4, 0.5) is 0 Å². The maximum absolute atomic E-state index is 13.5. The molecule has 0 saturated heterocycles. The maximum atomic E-state index is 13.5. The minimum Gasteiger partial charge on any atom is -0.497 e. The highest BCUT2D eigenvalue weighted by atomic mass is 32.1. The summed E-state index contributed by atoms with van der Waals surface area (Å²) in [7, 11) is 1.57. The van der Waals surface area contributed by atoms with E-state index in [1.165, 1.54) is 20.5 Å². The molecule has 3 heterocycles. The molecule has 0 aliphatic carbocycles. The van der Waals surface area contributed by atoms with Crippen molar-refractivity contribution < 1.29 is 14.0 Å². The molecule has 5 aromatic rings. The van der Waals surface area contributed by atoms with Crippen LogP contribution in [-0.2, 0) is 13.1 Å². The Bertz CT molecular complexity index is 1610. The second kappa shape index (κ2) is 9.59. The molecule has 9 nitrogen and oxygen atoms in total. The highest BCUT2D eigenvalue weighted by molar-refractivity contribution is 7.17. The first-order valence-electron chi connectivity index (χ1n) is 11.0. The zero-order valence-corrected chi connectivity index (χ0v) is 19.9. The van der Waals surface area contributed by atoms with Crippen LogP contribution in [0.1, 0.15) is 18.4 Å². The van der Waals surface area contributed by atoms with Gasteiger partial charge >= 0.3 is 5.69 Å². The van der Waals surface area contributed by atoms with Gasteiger partial charge in [-0.15, -0.1) is 11.3 Å². The number of ether oxygens (including phenoxy) is 2. The average molecular weight is 491 g/mol. The highest BCUT2D eigenvalue weighted by Crippen LogP contribution is 2.27. The van der Waals surface area contributed by atoms with Gasteiger partial charge in [-0.05, 0) is 48.2 Å². The molecule has 0 radical (unpaired) electrons. The summed E-state index contributed by atoms with van der Waals surface area (Å²) in [5.41, 5.74) is 1.20. The fraction of sp³-hybridized carbons (Fsp3) is 0.200. The van der Waals surface area contributed by atoms with Crippen LogP contribution >= 0.6 is 11.3 Å². The van der Waals surface area contributed by atoms with Gasteiger partial charge in [-0.3, -0.25) is 13.9 Å². The molecular formula is C25H22N4O5S. The number of thiophene rings is 1. The third-order valence-corrected chi connectivity index (χ3v) is 6.39. The minimum absolute atomic E-state index is 0.0221. The van der Waals surface area contributed by atoms with Crippen molar-refractivity contribution in [3.8, 4) is 22.9 Å². The smallest absolute Gasteiger partial charge is 0.332 e. The molecule has 178 valence electrons. The fourth-order valence-corrected chi connectivity index (χ4v) is 4.72. The second-order valence-corrected chi connectivity index (χ2v) is 8.60. The molecule has 0 spiro atoms. The van der Waals surface area contributed by atoms with E-state index in [9.17, 15) is 9.59 Å². The average Bonchev–Trinajstić information content (AvgIpc) is 3.55. The Morgan fingerprint density at radius 3 is 2.71 bits per heavy atom. The van der Waals surface area contributed by atoms with Crippen molar-refractivity contribution in [2.45, 2.75) is 20.0 Å². The highest BCUT2D eigenvalue weighted by Gasteiger charge is 2.19. The Labute approximate surface area is 203 Å². The summed E-state index contributed by atoms with van der Waals surface area (Å²) in [4.78, 5) is 31.1. The number of hydrogen-bond donors (Lipinski definition) is 0. The Balaban J connectivity index is 1.54. The van der Waals surface area contributed by atoms with Gasteiger partial charge < -0.3 is 14.0 Å². The summed E-state index contributed by atoms with van der Waals surface area (Å²) in [6.07, 6.45) is 0. The molecule has 35 heavy (non-hydrogen) atoms. The standard InChI is InChI=1S/C25H22N4O5S/c1-3-33-20-10-5-4-9-18(20)23-26-21(34-27-23)15-28-19-11-12-35-22(19)24(30)29(25(28)31)14-16-7-6-8-17(13-16)32-2/h4-13H,3,14-15H2,1-2H3. The third kappa shape index (κ3) is 4.35. The second-order valence-electron chi connectivity index (χ2n) is 7.69. The van der Waals surface area contributed by atoms with Crippen LogP contribution in [0.5, 0.6) is 11.5 Å².